The highest BCUT2D eigenvalue weighted by molar-refractivity contribution is 6.23. The van der Waals surface area contributed by atoms with Gasteiger partial charge in [-0.2, -0.15) is 0 Å². The highest BCUT2D eigenvalue weighted by Gasteiger charge is 2.50. The van der Waals surface area contributed by atoms with E-state index in [4.69, 9.17) is 5.73 Å². The van der Waals surface area contributed by atoms with Crippen LogP contribution in [-0.4, -0.2) is 18.4 Å². The van der Waals surface area contributed by atoms with Crippen LogP contribution in [0.4, 0.5) is 5.69 Å². The molecule has 1 saturated heterocycles. The number of carbonyl (C=O) groups excluding carboxylic acids is 2. The molecule has 1 atom stereocenters. The van der Waals surface area contributed by atoms with Crippen LogP contribution >= 0.6 is 0 Å². The smallest absolute Gasteiger partial charge is 0.240 e. The summed E-state index contributed by atoms with van der Waals surface area (Å²) in [5.41, 5.74) is 5.95. The van der Waals surface area contributed by atoms with Gasteiger partial charge in [0.2, 0.25) is 11.8 Å². The van der Waals surface area contributed by atoms with E-state index >= 15 is 0 Å². The monoisotopic (exact) mass is 284 g/mol. The summed E-state index contributed by atoms with van der Waals surface area (Å²) in [6, 6.07) is 7.18. The van der Waals surface area contributed by atoms with E-state index in [9.17, 15) is 9.59 Å². The van der Waals surface area contributed by atoms with Gasteiger partial charge in [0, 0.05) is 12.0 Å². The van der Waals surface area contributed by atoms with Gasteiger partial charge in [-0.25, -0.2) is 4.90 Å². The van der Waals surface area contributed by atoms with Crippen molar-refractivity contribution in [1.82, 2.24) is 0 Å². The molecule has 0 spiro atoms. The summed E-state index contributed by atoms with van der Waals surface area (Å²) in [7, 11) is 0. The third kappa shape index (κ3) is 2.57. The first-order valence-electron chi connectivity index (χ1n) is 7.07. The Morgan fingerprint density at radius 3 is 2.57 bits per heavy atom. The lowest BCUT2D eigenvalue weighted by atomic mass is 9.78. The molecule has 0 saturated carbocycles. The number of benzene rings is 1. The van der Waals surface area contributed by atoms with Gasteiger partial charge >= 0.3 is 0 Å². The molecule has 2 amide bonds. The Morgan fingerprint density at radius 2 is 2.00 bits per heavy atom. The van der Waals surface area contributed by atoms with Crippen LogP contribution in [-0.2, 0) is 9.59 Å². The number of hydrogen-bond donors (Lipinski definition) is 1. The third-order valence-corrected chi connectivity index (χ3v) is 4.20. The predicted molar refractivity (Wildman–Crippen MR) is 82.4 cm³/mol. The summed E-state index contributed by atoms with van der Waals surface area (Å²) < 4.78 is 0. The second-order valence-corrected chi connectivity index (χ2v) is 5.81. The molecule has 4 heteroatoms. The predicted octanol–water partition coefficient (Wildman–Crippen LogP) is 1.92. The van der Waals surface area contributed by atoms with Crippen LogP contribution in [0.15, 0.2) is 24.3 Å². The van der Waals surface area contributed by atoms with Crippen LogP contribution in [0.2, 0.25) is 0 Å². The molecule has 1 unspecified atom stereocenters. The molecule has 1 heterocycles. The molecule has 0 aliphatic carbocycles. The van der Waals surface area contributed by atoms with Crippen molar-refractivity contribution >= 4 is 17.5 Å². The molecular weight excluding hydrogens is 264 g/mol. The third-order valence-electron chi connectivity index (χ3n) is 4.20. The van der Waals surface area contributed by atoms with E-state index in [1.807, 2.05) is 26.8 Å². The number of nitrogens with two attached hydrogens (primary N) is 1. The Morgan fingerprint density at radius 1 is 1.33 bits per heavy atom. The van der Waals surface area contributed by atoms with Crippen molar-refractivity contribution in [2.45, 2.75) is 27.2 Å². The summed E-state index contributed by atoms with van der Waals surface area (Å²) in [4.78, 5) is 26.4. The molecule has 2 N–H and O–H groups in total. The van der Waals surface area contributed by atoms with E-state index in [1.54, 1.807) is 18.2 Å². The molecule has 2 rings (SSSR count). The van der Waals surface area contributed by atoms with E-state index in [-0.39, 0.29) is 30.7 Å². The zero-order valence-electron chi connectivity index (χ0n) is 12.6. The van der Waals surface area contributed by atoms with Gasteiger partial charge in [-0.3, -0.25) is 9.59 Å². The van der Waals surface area contributed by atoms with Crippen molar-refractivity contribution in [2.75, 3.05) is 11.4 Å². The Balaban J connectivity index is 2.48. The molecule has 1 fully saturated rings. The normalized spacial score (nSPS) is 21.7. The number of nitrogens with zero attached hydrogens (tertiary/aromatic N) is 1. The minimum absolute atomic E-state index is 0.0984. The van der Waals surface area contributed by atoms with Crippen LogP contribution in [0.5, 0.6) is 0 Å². The lowest BCUT2D eigenvalue weighted by Crippen LogP contribution is -2.37. The molecule has 1 aromatic rings. The van der Waals surface area contributed by atoms with Crippen LogP contribution in [0, 0.1) is 23.2 Å². The maximum atomic E-state index is 12.7. The zero-order valence-corrected chi connectivity index (χ0v) is 12.6. The van der Waals surface area contributed by atoms with E-state index in [2.05, 4.69) is 11.8 Å². The second kappa shape index (κ2) is 5.71. The van der Waals surface area contributed by atoms with Gasteiger partial charge in [0.05, 0.1) is 17.6 Å². The topological polar surface area (TPSA) is 63.4 Å². The SMILES string of the molecule is CC(C)C1(C)CC(=O)N(c2ccccc2C#CCN)C1=O. The highest BCUT2D eigenvalue weighted by atomic mass is 16.2. The first-order valence-corrected chi connectivity index (χ1v) is 7.07. The van der Waals surface area contributed by atoms with Gasteiger partial charge in [-0.15, -0.1) is 0 Å². The molecule has 0 bridgehead atoms. The van der Waals surface area contributed by atoms with Gasteiger partial charge in [0.15, 0.2) is 0 Å². The maximum absolute atomic E-state index is 12.7. The summed E-state index contributed by atoms with van der Waals surface area (Å²) >= 11 is 0. The number of anilines is 1. The highest BCUT2D eigenvalue weighted by Crippen LogP contribution is 2.41. The molecule has 110 valence electrons. The first kappa shape index (κ1) is 15.3. The van der Waals surface area contributed by atoms with Crippen molar-refractivity contribution in [3.8, 4) is 11.8 Å². The van der Waals surface area contributed by atoms with Gasteiger partial charge < -0.3 is 5.73 Å². The quantitative estimate of drug-likeness (QED) is 0.666. The Hall–Kier alpha value is -2.12. The van der Waals surface area contributed by atoms with Crippen LogP contribution in [0.1, 0.15) is 32.8 Å². The number of carbonyl (C=O) groups is 2. The molecule has 1 aliphatic rings. The molecule has 1 aliphatic heterocycles. The largest absolute Gasteiger partial charge is 0.320 e. The van der Waals surface area contributed by atoms with Crippen molar-refractivity contribution in [1.29, 1.82) is 0 Å². The van der Waals surface area contributed by atoms with Crippen molar-refractivity contribution in [3.05, 3.63) is 29.8 Å². The molecule has 21 heavy (non-hydrogen) atoms. The average molecular weight is 284 g/mol. The number of hydrogen-bond acceptors (Lipinski definition) is 3. The lowest BCUT2D eigenvalue weighted by molar-refractivity contribution is -0.126. The average Bonchev–Trinajstić information content (AvgIpc) is 2.68. The van der Waals surface area contributed by atoms with Crippen molar-refractivity contribution in [2.24, 2.45) is 17.1 Å². The summed E-state index contributed by atoms with van der Waals surface area (Å²) in [6.07, 6.45) is 0.238. The first-order chi connectivity index (χ1) is 9.91. The van der Waals surface area contributed by atoms with Gasteiger partial charge in [0.1, 0.15) is 0 Å². The number of amides is 2. The van der Waals surface area contributed by atoms with E-state index in [0.717, 1.165) is 0 Å². The standard InChI is InChI=1S/C17H20N2O2/c1-12(2)17(3)11-15(20)19(16(17)21)14-9-5-4-7-13(14)8-6-10-18/h4-5,7,9,12H,10-11,18H2,1-3H3. The van der Waals surface area contributed by atoms with E-state index < -0.39 is 5.41 Å². The Bertz CT molecular complexity index is 640. The van der Waals surface area contributed by atoms with Gasteiger partial charge in [-0.05, 0) is 25.0 Å². The van der Waals surface area contributed by atoms with Crippen LogP contribution < -0.4 is 10.6 Å². The van der Waals surface area contributed by atoms with Crippen LogP contribution in [0.3, 0.4) is 0 Å². The van der Waals surface area contributed by atoms with Crippen molar-refractivity contribution in [3.63, 3.8) is 0 Å². The summed E-state index contributed by atoms with van der Waals surface area (Å²) in [6.45, 7) is 6.02. The molecule has 0 radical (unpaired) electrons. The molecular formula is C17H20N2O2. The summed E-state index contributed by atoms with van der Waals surface area (Å²) in [5, 5.41) is 0. The maximum Gasteiger partial charge on any atom is 0.240 e. The van der Waals surface area contributed by atoms with Gasteiger partial charge in [0.25, 0.3) is 0 Å². The number of imide groups is 1. The van der Waals surface area contributed by atoms with Crippen molar-refractivity contribution < 1.29 is 9.59 Å². The van der Waals surface area contributed by atoms with Crippen LogP contribution in [0.25, 0.3) is 0 Å². The molecule has 1 aromatic carbocycles. The molecule has 0 aromatic heterocycles. The fourth-order valence-electron chi connectivity index (χ4n) is 2.45. The van der Waals surface area contributed by atoms with E-state index in [1.165, 1.54) is 4.90 Å². The van der Waals surface area contributed by atoms with Gasteiger partial charge in [-0.1, -0.05) is 37.8 Å². The second-order valence-electron chi connectivity index (χ2n) is 5.81. The lowest BCUT2D eigenvalue weighted by Gasteiger charge is -2.26. The minimum atomic E-state index is -0.647. The number of rotatable bonds is 2. The Labute approximate surface area is 125 Å². The number of para-hydroxylation sites is 1. The fraction of sp³-hybridized carbons (Fsp3) is 0.412. The fourth-order valence-corrected chi connectivity index (χ4v) is 2.45. The molecule has 4 nitrogen and oxygen atoms in total. The van der Waals surface area contributed by atoms with E-state index in [0.29, 0.717) is 11.3 Å². The minimum Gasteiger partial charge on any atom is -0.320 e. The summed E-state index contributed by atoms with van der Waals surface area (Å²) in [5.74, 6) is 5.48. The zero-order chi connectivity index (χ0) is 15.6. The Kier molecular flexibility index (Phi) is 4.15.